The third kappa shape index (κ3) is 4.78. The molecule has 1 aromatic rings. The average Bonchev–Trinajstić information content (AvgIpc) is 2.47. The molecule has 0 saturated carbocycles. The number of hydrogen-bond acceptors (Lipinski definition) is 4. The van der Waals surface area contributed by atoms with Gasteiger partial charge in [-0.1, -0.05) is 19.1 Å². The third-order valence-electron chi connectivity index (χ3n) is 3.92. The quantitative estimate of drug-likeness (QED) is 0.676. The van der Waals surface area contributed by atoms with Crippen LogP contribution in [0.2, 0.25) is 0 Å². The lowest BCUT2D eigenvalue weighted by molar-refractivity contribution is 0.184. The maximum Gasteiger partial charge on any atom is 0.118 e. The van der Waals surface area contributed by atoms with E-state index in [1.807, 2.05) is 19.1 Å². The summed E-state index contributed by atoms with van der Waals surface area (Å²) >= 11 is 0. The molecule has 0 amide bonds. The molecular formula is C16H28N2O2. The molecule has 3 unspecified atom stereocenters. The standard InChI is InChI=1S/C16H28N2O2/c1-12(10-19)13(2)18-16(3,11-17)9-14-5-7-15(20-4)8-6-14/h5-8,12-13,18-19H,9-11,17H2,1-4H3. The van der Waals surface area contributed by atoms with E-state index < -0.39 is 0 Å². The summed E-state index contributed by atoms with van der Waals surface area (Å²) in [5, 5.41) is 12.8. The minimum atomic E-state index is -0.183. The van der Waals surface area contributed by atoms with Gasteiger partial charge in [-0.15, -0.1) is 0 Å². The van der Waals surface area contributed by atoms with Crippen LogP contribution in [0.15, 0.2) is 24.3 Å². The zero-order valence-electron chi connectivity index (χ0n) is 13.0. The number of nitrogens with one attached hydrogen (secondary N) is 1. The highest BCUT2D eigenvalue weighted by Gasteiger charge is 2.26. The van der Waals surface area contributed by atoms with E-state index in [9.17, 15) is 5.11 Å². The first kappa shape index (κ1) is 17.0. The lowest BCUT2D eigenvalue weighted by Crippen LogP contribution is -2.55. The maximum absolute atomic E-state index is 9.24. The molecule has 0 saturated heterocycles. The van der Waals surface area contributed by atoms with Crippen molar-refractivity contribution in [2.75, 3.05) is 20.3 Å². The molecule has 4 N–H and O–H groups in total. The Bertz CT molecular complexity index is 394. The van der Waals surface area contributed by atoms with Gasteiger partial charge in [-0.3, -0.25) is 0 Å². The van der Waals surface area contributed by atoms with Crippen LogP contribution in [0.3, 0.4) is 0 Å². The molecule has 4 nitrogen and oxygen atoms in total. The van der Waals surface area contributed by atoms with Crippen molar-refractivity contribution in [1.29, 1.82) is 0 Å². The van der Waals surface area contributed by atoms with E-state index in [0.29, 0.717) is 6.54 Å². The topological polar surface area (TPSA) is 67.5 Å². The van der Waals surface area contributed by atoms with Crippen molar-refractivity contribution in [2.45, 2.75) is 38.8 Å². The molecule has 0 heterocycles. The van der Waals surface area contributed by atoms with Gasteiger partial charge in [0.25, 0.3) is 0 Å². The van der Waals surface area contributed by atoms with Crippen LogP contribution < -0.4 is 15.8 Å². The molecule has 4 heteroatoms. The molecule has 0 bridgehead atoms. The first-order valence-electron chi connectivity index (χ1n) is 7.15. The minimum Gasteiger partial charge on any atom is -0.497 e. The van der Waals surface area contributed by atoms with Gasteiger partial charge in [0.15, 0.2) is 0 Å². The molecule has 0 fully saturated rings. The summed E-state index contributed by atoms with van der Waals surface area (Å²) in [4.78, 5) is 0. The van der Waals surface area contributed by atoms with Crippen molar-refractivity contribution in [2.24, 2.45) is 11.7 Å². The second kappa shape index (κ2) is 7.62. The molecule has 0 spiro atoms. The molecule has 0 aliphatic rings. The first-order valence-corrected chi connectivity index (χ1v) is 7.15. The summed E-state index contributed by atoms with van der Waals surface area (Å²) in [6.45, 7) is 6.96. The highest BCUT2D eigenvalue weighted by molar-refractivity contribution is 5.28. The fourth-order valence-electron chi connectivity index (χ4n) is 2.23. The van der Waals surface area contributed by atoms with Crippen LogP contribution in [0.25, 0.3) is 0 Å². The predicted octanol–water partition coefficient (Wildman–Crippen LogP) is 1.56. The second-order valence-electron chi connectivity index (χ2n) is 5.88. The molecular weight excluding hydrogens is 252 g/mol. The fourth-order valence-corrected chi connectivity index (χ4v) is 2.23. The monoisotopic (exact) mass is 280 g/mol. The molecule has 1 aromatic carbocycles. The van der Waals surface area contributed by atoms with Crippen LogP contribution in [0.1, 0.15) is 26.3 Å². The summed E-state index contributed by atoms with van der Waals surface area (Å²) in [5.74, 6) is 1.06. The predicted molar refractivity (Wildman–Crippen MR) is 83.0 cm³/mol. The molecule has 0 aromatic heterocycles. The lowest BCUT2D eigenvalue weighted by atomic mass is 9.90. The maximum atomic E-state index is 9.24. The highest BCUT2D eigenvalue weighted by Crippen LogP contribution is 2.18. The first-order chi connectivity index (χ1) is 9.44. The Morgan fingerprint density at radius 2 is 1.90 bits per heavy atom. The van der Waals surface area contributed by atoms with Crippen molar-refractivity contribution < 1.29 is 9.84 Å². The number of aliphatic hydroxyl groups excluding tert-OH is 1. The van der Waals surface area contributed by atoms with E-state index in [2.05, 4.69) is 31.3 Å². The Balaban J connectivity index is 2.72. The Hall–Kier alpha value is -1.10. The van der Waals surface area contributed by atoms with Gasteiger partial charge >= 0.3 is 0 Å². The van der Waals surface area contributed by atoms with Gasteiger partial charge < -0.3 is 20.9 Å². The molecule has 20 heavy (non-hydrogen) atoms. The van der Waals surface area contributed by atoms with Gasteiger partial charge in [-0.2, -0.15) is 0 Å². The SMILES string of the molecule is COc1ccc(CC(C)(CN)NC(C)C(C)CO)cc1. The Labute approximate surface area is 122 Å². The number of hydrogen-bond donors (Lipinski definition) is 3. The van der Waals surface area contributed by atoms with Gasteiger partial charge in [-0.25, -0.2) is 0 Å². The lowest BCUT2D eigenvalue weighted by Gasteiger charge is -2.35. The summed E-state index contributed by atoms with van der Waals surface area (Å²) < 4.78 is 5.17. The summed E-state index contributed by atoms with van der Waals surface area (Å²) in [7, 11) is 1.67. The van der Waals surface area contributed by atoms with Crippen LogP contribution in [0.4, 0.5) is 0 Å². The van der Waals surface area contributed by atoms with Gasteiger partial charge in [-0.05, 0) is 43.9 Å². The van der Waals surface area contributed by atoms with Crippen LogP contribution in [0.5, 0.6) is 5.75 Å². The number of ether oxygens (including phenoxy) is 1. The van der Waals surface area contributed by atoms with Crippen molar-refractivity contribution in [3.8, 4) is 5.75 Å². The van der Waals surface area contributed by atoms with Crippen LogP contribution >= 0.6 is 0 Å². The van der Waals surface area contributed by atoms with Crippen molar-refractivity contribution in [3.63, 3.8) is 0 Å². The van der Waals surface area contributed by atoms with E-state index in [-0.39, 0.29) is 24.1 Å². The molecule has 0 radical (unpaired) electrons. The largest absolute Gasteiger partial charge is 0.497 e. The highest BCUT2D eigenvalue weighted by atomic mass is 16.5. The van der Waals surface area contributed by atoms with E-state index in [0.717, 1.165) is 12.2 Å². The third-order valence-corrected chi connectivity index (χ3v) is 3.92. The zero-order valence-corrected chi connectivity index (χ0v) is 13.0. The van der Waals surface area contributed by atoms with E-state index >= 15 is 0 Å². The van der Waals surface area contributed by atoms with Crippen molar-refractivity contribution in [1.82, 2.24) is 5.32 Å². The summed E-state index contributed by atoms with van der Waals surface area (Å²) in [6.07, 6.45) is 0.843. The van der Waals surface area contributed by atoms with Gasteiger partial charge in [0.2, 0.25) is 0 Å². The number of aliphatic hydroxyl groups is 1. The smallest absolute Gasteiger partial charge is 0.118 e. The van der Waals surface area contributed by atoms with Crippen LogP contribution in [-0.4, -0.2) is 36.9 Å². The summed E-state index contributed by atoms with van der Waals surface area (Å²) in [6, 6.07) is 8.27. The second-order valence-corrected chi connectivity index (χ2v) is 5.88. The zero-order chi connectivity index (χ0) is 15.2. The van der Waals surface area contributed by atoms with Gasteiger partial charge in [0, 0.05) is 24.7 Å². The van der Waals surface area contributed by atoms with E-state index in [1.165, 1.54) is 5.56 Å². The van der Waals surface area contributed by atoms with Crippen molar-refractivity contribution in [3.05, 3.63) is 29.8 Å². The van der Waals surface area contributed by atoms with Crippen LogP contribution in [0, 0.1) is 5.92 Å². The van der Waals surface area contributed by atoms with Gasteiger partial charge in [0.05, 0.1) is 7.11 Å². The normalized spacial score (nSPS) is 17.3. The number of benzene rings is 1. The summed E-state index contributed by atoms with van der Waals surface area (Å²) in [5.41, 5.74) is 6.99. The van der Waals surface area contributed by atoms with Crippen LogP contribution in [-0.2, 0) is 6.42 Å². The molecule has 0 aliphatic heterocycles. The number of methoxy groups -OCH3 is 1. The fraction of sp³-hybridized carbons (Fsp3) is 0.625. The molecule has 3 atom stereocenters. The van der Waals surface area contributed by atoms with E-state index in [1.54, 1.807) is 7.11 Å². The van der Waals surface area contributed by atoms with Gasteiger partial charge in [0.1, 0.15) is 5.75 Å². The molecule has 0 aliphatic carbocycles. The Kier molecular flexibility index (Phi) is 6.46. The number of rotatable bonds is 8. The Morgan fingerprint density at radius 3 is 2.35 bits per heavy atom. The Morgan fingerprint density at radius 1 is 1.30 bits per heavy atom. The molecule has 114 valence electrons. The van der Waals surface area contributed by atoms with Crippen molar-refractivity contribution >= 4 is 0 Å². The van der Waals surface area contributed by atoms with E-state index in [4.69, 9.17) is 10.5 Å². The average molecular weight is 280 g/mol. The minimum absolute atomic E-state index is 0.178. The molecule has 1 rings (SSSR count). The number of nitrogens with two attached hydrogens (primary N) is 1.